The van der Waals surface area contributed by atoms with E-state index in [1.807, 2.05) is 29.2 Å². The number of amides is 1. The second-order valence-corrected chi connectivity index (χ2v) is 7.56. The van der Waals surface area contributed by atoms with Crippen LogP contribution >= 0.6 is 12.2 Å². The van der Waals surface area contributed by atoms with Crippen LogP contribution in [0.25, 0.3) is 10.9 Å². The minimum absolute atomic E-state index is 0.0201. The third-order valence-electron chi connectivity index (χ3n) is 5.78. The molecule has 0 bridgehead atoms. The summed E-state index contributed by atoms with van der Waals surface area (Å²) < 4.78 is 5.38. The first-order valence-corrected chi connectivity index (χ1v) is 9.48. The number of aromatic nitrogens is 1. The zero-order chi connectivity index (χ0) is 19.6. The highest BCUT2D eigenvalue weighted by Crippen LogP contribution is 2.46. The van der Waals surface area contributed by atoms with Gasteiger partial charge in [-0.25, -0.2) is 0 Å². The van der Waals surface area contributed by atoms with E-state index in [1.54, 1.807) is 26.3 Å². The zero-order valence-corrected chi connectivity index (χ0v) is 16.3. The van der Waals surface area contributed by atoms with Crippen LogP contribution < -0.4 is 4.74 Å². The number of likely N-dealkylation sites (N-methyl/N-ethyl adjacent to an activating group) is 1. The molecule has 6 nitrogen and oxygen atoms in total. The third-order valence-corrected chi connectivity index (χ3v) is 6.27. The van der Waals surface area contributed by atoms with Crippen molar-refractivity contribution in [3.05, 3.63) is 59.3 Å². The van der Waals surface area contributed by atoms with Gasteiger partial charge in [-0.1, -0.05) is 18.2 Å². The maximum absolute atomic E-state index is 12.9. The van der Waals surface area contributed by atoms with Gasteiger partial charge in [0.15, 0.2) is 5.11 Å². The fourth-order valence-corrected chi connectivity index (χ4v) is 4.73. The standard InChI is InChI=1S/C21H19N3O3S/c1-23-20(26)16-10-13-12-5-3-4-6-15(12)22-18(13)19(24(16)21(23)28)14-9-11(27-2)7-8-17(14)25/h3-9,16,19,22,25H,10H2,1-2H3/t16-,19+/m0/s1. The predicted octanol–water partition coefficient (Wildman–Crippen LogP) is 2.96. The van der Waals surface area contributed by atoms with E-state index in [2.05, 4.69) is 11.1 Å². The van der Waals surface area contributed by atoms with Crippen molar-refractivity contribution < 1.29 is 14.6 Å². The Labute approximate surface area is 167 Å². The summed E-state index contributed by atoms with van der Waals surface area (Å²) in [6.45, 7) is 0. The number of phenolic OH excluding ortho intramolecular Hbond substituents is 1. The van der Waals surface area contributed by atoms with E-state index in [0.29, 0.717) is 22.8 Å². The van der Waals surface area contributed by atoms with E-state index in [9.17, 15) is 9.90 Å². The van der Waals surface area contributed by atoms with Crippen molar-refractivity contribution in [1.29, 1.82) is 0 Å². The number of fused-ring (bicyclic) bond motifs is 4. The lowest BCUT2D eigenvalue weighted by Crippen LogP contribution is -2.44. The Morgan fingerprint density at radius 1 is 1.25 bits per heavy atom. The van der Waals surface area contributed by atoms with E-state index >= 15 is 0 Å². The molecule has 0 unspecified atom stereocenters. The summed E-state index contributed by atoms with van der Waals surface area (Å²) in [4.78, 5) is 19.9. The maximum atomic E-state index is 12.9. The molecule has 1 aromatic heterocycles. The van der Waals surface area contributed by atoms with Crippen LogP contribution in [0.15, 0.2) is 42.5 Å². The van der Waals surface area contributed by atoms with E-state index < -0.39 is 6.04 Å². The van der Waals surface area contributed by atoms with Gasteiger partial charge in [-0.3, -0.25) is 9.69 Å². The lowest BCUT2D eigenvalue weighted by Gasteiger charge is -2.37. The molecule has 5 rings (SSSR count). The molecule has 28 heavy (non-hydrogen) atoms. The summed E-state index contributed by atoms with van der Waals surface area (Å²) in [5.41, 5.74) is 3.71. The largest absolute Gasteiger partial charge is 0.508 e. The van der Waals surface area contributed by atoms with Crippen molar-refractivity contribution in [3.63, 3.8) is 0 Å². The highest BCUT2D eigenvalue weighted by molar-refractivity contribution is 7.80. The van der Waals surface area contributed by atoms with Crippen molar-refractivity contribution in [2.24, 2.45) is 0 Å². The van der Waals surface area contributed by atoms with Crippen molar-refractivity contribution in [1.82, 2.24) is 14.8 Å². The fourth-order valence-electron chi connectivity index (χ4n) is 4.41. The van der Waals surface area contributed by atoms with E-state index in [1.165, 1.54) is 4.90 Å². The van der Waals surface area contributed by atoms with Gasteiger partial charge < -0.3 is 19.7 Å². The van der Waals surface area contributed by atoms with Crippen LogP contribution in [0.4, 0.5) is 0 Å². The number of aromatic amines is 1. The van der Waals surface area contributed by atoms with E-state index in [4.69, 9.17) is 17.0 Å². The van der Waals surface area contributed by atoms with Crippen molar-refractivity contribution >= 4 is 34.1 Å². The minimum atomic E-state index is -0.405. The monoisotopic (exact) mass is 393 g/mol. The lowest BCUT2D eigenvalue weighted by molar-refractivity contribution is -0.127. The van der Waals surface area contributed by atoms with Gasteiger partial charge >= 0.3 is 0 Å². The Morgan fingerprint density at radius 3 is 2.82 bits per heavy atom. The van der Waals surface area contributed by atoms with Crippen LogP contribution in [0.5, 0.6) is 11.5 Å². The number of methoxy groups -OCH3 is 1. The van der Waals surface area contributed by atoms with Crippen LogP contribution in [-0.2, 0) is 11.2 Å². The first-order valence-electron chi connectivity index (χ1n) is 9.07. The summed E-state index contributed by atoms with van der Waals surface area (Å²) in [6.07, 6.45) is 0.573. The molecule has 2 aromatic carbocycles. The average molecular weight is 393 g/mol. The molecule has 0 spiro atoms. The number of hydrogen-bond acceptors (Lipinski definition) is 4. The minimum Gasteiger partial charge on any atom is -0.508 e. The number of ether oxygens (including phenoxy) is 1. The Balaban J connectivity index is 1.80. The number of carbonyl (C=O) groups excluding carboxylic acids is 1. The van der Waals surface area contributed by atoms with Gasteiger partial charge in [0.2, 0.25) is 0 Å². The van der Waals surface area contributed by atoms with E-state index in [0.717, 1.165) is 22.2 Å². The molecule has 2 aliphatic heterocycles. The Morgan fingerprint density at radius 2 is 2.04 bits per heavy atom. The quantitative estimate of drug-likeness (QED) is 0.655. The molecular formula is C21H19N3O3S. The SMILES string of the molecule is COc1ccc(O)c([C@@H]2c3[nH]c4ccccc4c3C[C@H]3C(=O)N(C)C(=S)N23)c1. The number of phenols is 1. The number of H-pyrrole nitrogens is 1. The van der Waals surface area contributed by atoms with Gasteiger partial charge in [0.1, 0.15) is 23.6 Å². The molecule has 2 aliphatic rings. The van der Waals surface area contributed by atoms with Crippen LogP contribution in [-0.4, -0.2) is 51.1 Å². The van der Waals surface area contributed by atoms with Gasteiger partial charge in [0.05, 0.1) is 7.11 Å². The maximum Gasteiger partial charge on any atom is 0.251 e. The number of para-hydroxylation sites is 1. The van der Waals surface area contributed by atoms with Crippen LogP contribution in [0.3, 0.4) is 0 Å². The zero-order valence-electron chi connectivity index (χ0n) is 15.5. The van der Waals surface area contributed by atoms with Crippen LogP contribution in [0, 0.1) is 0 Å². The second-order valence-electron chi connectivity index (χ2n) is 7.20. The van der Waals surface area contributed by atoms with Crippen molar-refractivity contribution in [2.75, 3.05) is 14.2 Å². The number of hydrogen-bond donors (Lipinski definition) is 2. The molecule has 0 saturated carbocycles. The molecule has 3 heterocycles. The molecule has 2 N–H and O–H groups in total. The van der Waals surface area contributed by atoms with Crippen LogP contribution in [0.2, 0.25) is 0 Å². The summed E-state index contributed by atoms with van der Waals surface area (Å²) in [6, 6.07) is 12.4. The number of nitrogens with zero attached hydrogens (tertiary/aromatic N) is 2. The van der Waals surface area contributed by atoms with Gasteiger partial charge in [-0.15, -0.1) is 0 Å². The highest BCUT2D eigenvalue weighted by Gasteiger charge is 2.49. The van der Waals surface area contributed by atoms with Gasteiger partial charge in [-0.05, 0) is 42.0 Å². The topological polar surface area (TPSA) is 68.8 Å². The molecule has 2 atom stereocenters. The van der Waals surface area contributed by atoms with Gasteiger partial charge in [0, 0.05) is 35.6 Å². The molecule has 142 valence electrons. The molecule has 3 aromatic rings. The van der Waals surface area contributed by atoms with E-state index in [-0.39, 0.29) is 17.7 Å². The highest BCUT2D eigenvalue weighted by atomic mass is 32.1. The number of aromatic hydroxyl groups is 1. The summed E-state index contributed by atoms with van der Waals surface area (Å²) in [7, 11) is 3.30. The molecule has 1 saturated heterocycles. The molecule has 1 fully saturated rings. The molecule has 0 radical (unpaired) electrons. The smallest absolute Gasteiger partial charge is 0.251 e. The molecule has 0 aliphatic carbocycles. The first-order chi connectivity index (χ1) is 13.5. The first kappa shape index (κ1) is 17.1. The molecule has 7 heteroatoms. The summed E-state index contributed by atoms with van der Waals surface area (Å²) in [5, 5.41) is 12.2. The second kappa shape index (κ2) is 5.97. The fraction of sp³-hybridized carbons (Fsp3) is 0.238. The number of benzene rings is 2. The molecular weight excluding hydrogens is 374 g/mol. The normalized spacial score (nSPS) is 21.2. The molecule has 1 amide bonds. The number of rotatable bonds is 2. The number of carbonyl (C=O) groups is 1. The lowest BCUT2D eigenvalue weighted by atomic mass is 9.88. The number of nitrogens with one attached hydrogen (secondary N) is 1. The van der Waals surface area contributed by atoms with Crippen molar-refractivity contribution in [2.45, 2.75) is 18.5 Å². The summed E-state index contributed by atoms with van der Waals surface area (Å²) in [5.74, 6) is 0.756. The Hall–Kier alpha value is -3.06. The van der Waals surface area contributed by atoms with Crippen molar-refractivity contribution in [3.8, 4) is 11.5 Å². The average Bonchev–Trinajstić information content (AvgIpc) is 3.18. The van der Waals surface area contributed by atoms with Crippen LogP contribution in [0.1, 0.15) is 22.9 Å². The Kier molecular flexibility index (Phi) is 3.64. The Bertz CT molecular complexity index is 1140. The predicted molar refractivity (Wildman–Crippen MR) is 109 cm³/mol. The van der Waals surface area contributed by atoms with Gasteiger partial charge in [-0.2, -0.15) is 0 Å². The third kappa shape index (κ3) is 2.19. The van der Waals surface area contributed by atoms with Gasteiger partial charge in [0.25, 0.3) is 5.91 Å². The summed E-state index contributed by atoms with van der Waals surface area (Å²) >= 11 is 5.61. The number of thiocarbonyl (C=S) groups is 1.